The summed E-state index contributed by atoms with van der Waals surface area (Å²) < 4.78 is 26.3. The summed E-state index contributed by atoms with van der Waals surface area (Å²) in [4.78, 5) is 13.5. The molecule has 0 saturated carbocycles. The minimum atomic E-state index is -3.41. The number of nitrogens with one attached hydrogen (secondary N) is 1. The van der Waals surface area contributed by atoms with E-state index in [4.69, 9.17) is 0 Å². The molecule has 0 bridgehead atoms. The number of rotatable bonds is 9. The SMILES string of the molecule is CCN(CC)S(=O)(=O)c1ccc(CN[C@H](C)CC(=O)N(C)C)cc1. The zero-order chi connectivity index (χ0) is 18.3. The molecule has 1 N–H and O–H groups in total. The van der Waals surface area contributed by atoms with E-state index in [-0.39, 0.29) is 11.9 Å². The Bertz CT molecular complexity index is 623. The van der Waals surface area contributed by atoms with Gasteiger partial charge in [0.2, 0.25) is 15.9 Å². The number of nitrogens with zero attached hydrogens (tertiary/aromatic N) is 2. The van der Waals surface area contributed by atoms with Gasteiger partial charge in [0.25, 0.3) is 0 Å². The largest absolute Gasteiger partial charge is 0.349 e. The highest BCUT2D eigenvalue weighted by molar-refractivity contribution is 7.89. The molecule has 0 aromatic heterocycles. The smallest absolute Gasteiger partial charge is 0.243 e. The van der Waals surface area contributed by atoms with Gasteiger partial charge in [-0.1, -0.05) is 26.0 Å². The van der Waals surface area contributed by atoms with Crippen molar-refractivity contribution in [3.63, 3.8) is 0 Å². The molecule has 1 atom stereocenters. The van der Waals surface area contributed by atoms with Gasteiger partial charge in [0.15, 0.2) is 0 Å². The number of sulfonamides is 1. The summed E-state index contributed by atoms with van der Waals surface area (Å²) >= 11 is 0. The molecule has 24 heavy (non-hydrogen) atoms. The van der Waals surface area contributed by atoms with Gasteiger partial charge in [0.1, 0.15) is 0 Å². The lowest BCUT2D eigenvalue weighted by Crippen LogP contribution is -2.33. The summed E-state index contributed by atoms with van der Waals surface area (Å²) in [5, 5.41) is 3.28. The van der Waals surface area contributed by atoms with Gasteiger partial charge in [-0.15, -0.1) is 0 Å². The summed E-state index contributed by atoms with van der Waals surface area (Å²) in [5.74, 6) is 0.0793. The molecule has 6 nitrogen and oxygen atoms in total. The molecular formula is C17H29N3O3S. The van der Waals surface area contributed by atoms with Crippen LogP contribution in [0.2, 0.25) is 0 Å². The standard InChI is InChI=1S/C17H29N3O3S/c1-6-20(7-2)24(22,23)16-10-8-15(9-11-16)13-18-14(3)12-17(21)19(4)5/h8-11,14,18H,6-7,12-13H2,1-5H3/t14-/m1/s1. The third-order valence-electron chi connectivity index (χ3n) is 3.90. The molecule has 7 heteroatoms. The molecule has 0 spiro atoms. The monoisotopic (exact) mass is 355 g/mol. The highest BCUT2D eigenvalue weighted by atomic mass is 32.2. The molecule has 136 valence electrons. The Morgan fingerprint density at radius 3 is 2.12 bits per heavy atom. The van der Waals surface area contributed by atoms with Crippen molar-refractivity contribution in [3.05, 3.63) is 29.8 Å². The molecular weight excluding hydrogens is 326 g/mol. The Labute approximate surface area is 145 Å². The van der Waals surface area contributed by atoms with Crippen molar-refractivity contribution in [2.75, 3.05) is 27.2 Å². The Morgan fingerprint density at radius 1 is 1.12 bits per heavy atom. The first-order chi connectivity index (χ1) is 11.2. The van der Waals surface area contributed by atoms with Crippen LogP contribution in [0.1, 0.15) is 32.8 Å². The van der Waals surface area contributed by atoms with Gasteiger partial charge in [-0.3, -0.25) is 4.79 Å². The van der Waals surface area contributed by atoms with Gasteiger partial charge in [0, 0.05) is 46.2 Å². The van der Waals surface area contributed by atoms with Crippen LogP contribution in [0.25, 0.3) is 0 Å². The number of carbonyl (C=O) groups is 1. The van der Waals surface area contributed by atoms with E-state index < -0.39 is 10.0 Å². The highest BCUT2D eigenvalue weighted by Crippen LogP contribution is 2.16. The van der Waals surface area contributed by atoms with Gasteiger partial charge in [-0.05, 0) is 24.6 Å². The average molecular weight is 356 g/mol. The molecule has 0 heterocycles. The van der Waals surface area contributed by atoms with E-state index >= 15 is 0 Å². The van der Waals surface area contributed by atoms with Crippen LogP contribution < -0.4 is 5.32 Å². The lowest BCUT2D eigenvalue weighted by Gasteiger charge is -2.19. The van der Waals surface area contributed by atoms with Gasteiger partial charge in [-0.2, -0.15) is 4.31 Å². The molecule has 0 fully saturated rings. The molecule has 1 aromatic carbocycles. The number of benzene rings is 1. The second-order valence-corrected chi connectivity index (χ2v) is 7.95. The normalized spacial score (nSPS) is 13.1. The van der Waals surface area contributed by atoms with E-state index in [2.05, 4.69) is 5.32 Å². The van der Waals surface area contributed by atoms with Crippen LogP contribution in [0.5, 0.6) is 0 Å². The molecule has 1 amide bonds. The van der Waals surface area contributed by atoms with Crippen molar-refractivity contribution >= 4 is 15.9 Å². The van der Waals surface area contributed by atoms with Crippen LogP contribution in [0, 0.1) is 0 Å². The van der Waals surface area contributed by atoms with Crippen LogP contribution in [0.15, 0.2) is 29.2 Å². The van der Waals surface area contributed by atoms with E-state index in [0.29, 0.717) is 31.0 Å². The zero-order valence-corrected chi connectivity index (χ0v) is 16.1. The fourth-order valence-electron chi connectivity index (χ4n) is 2.30. The summed E-state index contributed by atoms with van der Waals surface area (Å²) in [6.07, 6.45) is 0.432. The second-order valence-electron chi connectivity index (χ2n) is 6.01. The quantitative estimate of drug-likeness (QED) is 0.732. The fourth-order valence-corrected chi connectivity index (χ4v) is 3.76. The lowest BCUT2D eigenvalue weighted by molar-refractivity contribution is -0.129. The van der Waals surface area contributed by atoms with E-state index in [0.717, 1.165) is 5.56 Å². The van der Waals surface area contributed by atoms with E-state index in [9.17, 15) is 13.2 Å². The molecule has 0 unspecified atom stereocenters. The molecule has 0 aliphatic carbocycles. The maximum absolute atomic E-state index is 12.4. The Hall–Kier alpha value is -1.44. The predicted octanol–water partition coefficient (Wildman–Crippen LogP) is 1.67. The van der Waals surface area contributed by atoms with Crippen molar-refractivity contribution in [2.45, 2.75) is 44.7 Å². The summed E-state index contributed by atoms with van der Waals surface area (Å²) in [6.45, 7) is 7.12. The van der Waals surface area contributed by atoms with Crippen molar-refractivity contribution in [2.24, 2.45) is 0 Å². The minimum Gasteiger partial charge on any atom is -0.349 e. The topological polar surface area (TPSA) is 69.7 Å². The molecule has 1 rings (SSSR count). The summed E-state index contributed by atoms with van der Waals surface area (Å²) in [5.41, 5.74) is 0.984. The van der Waals surface area contributed by atoms with E-state index in [1.165, 1.54) is 4.31 Å². The number of hydrogen-bond acceptors (Lipinski definition) is 4. The van der Waals surface area contributed by atoms with Crippen molar-refractivity contribution < 1.29 is 13.2 Å². The molecule has 0 aliphatic heterocycles. The van der Waals surface area contributed by atoms with Crippen molar-refractivity contribution in [3.8, 4) is 0 Å². The first kappa shape index (κ1) is 20.6. The maximum atomic E-state index is 12.4. The van der Waals surface area contributed by atoms with Gasteiger partial charge >= 0.3 is 0 Å². The minimum absolute atomic E-state index is 0.0546. The highest BCUT2D eigenvalue weighted by Gasteiger charge is 2.21. The van der Waals surface area contributed by atoms with Crippen LogP contribution >= 0.6 is 0 Å². The van der Waals surface area contributed by atoms with Crippen molar-refractivity contribution in [1.29, 1.82) is 0 Å². The molecule has 0 aliphatic rings. The molecule has 0 radical (unpaired) electrons. The first-order valence-corrected chi connectivity index (χ1v) is 9.69. The maximum Gasteiger partial charge on any atom is 0.243 e. The van der Waals surface area contributed by atoms with Gasteiger partial charge in [-0.25, -0.2) is 8.42 Å². The van der Waals surface area contributed by atoms with Crippen molar-refractivity contribution in [1.82, 2.24) is 14.5 Å². The lowest BCUT2D eigenvalue weighted by atomic mass is 10.2. The number of amides is 1. The average Bonchev–Trinajstić information content (AvgIpc) is 2.54. The zero-order valence-electron chi connectivity index (χ0n) is 15.2. The second kappa shape index (κ2) is 9.15. The molecule has 0 saturated heterocycles. The Balaban J connectivity index is 2.67. The first-order valence-electron chi connectivity index (χ1n) is 8.25. The summed E-state index contributed by atoms with van der Waals surface area (Å²) in [6, 6.07) is 6.95. The van der Waals surface area contributed by atoms with Crippen LogP contribution in [-0.4, -0.2) is 56.8 Å². The third-order valence-corrected chi connectivity index (χ3v) is 5.96. The van der Waals surface area contributed by atoms with Crippen LogP contribution in [0.4, 0.5) is 0 Å². The molecule has 1 aromatic rings. The van der Waals surface area contributed by atoms with Gasteiger partial charge < -0.3 is 10.2 Å². The predicted molar refractivity (Wildman–Crippen MR) is 96.2 cm³/mol. The van der Waals surface area contributed by atoms with Crippen LogP contribution in [0.3, 0.4) is 0 Å². The van der Waals surface area contributed by atoms with E-state index in [1.54, 1.807) is 31.1 Å². The number of hydrogen-bond donors (Lipinski definition) is 1. The summed E-state index contributed by atoms with van der Waals surface area (Å²) in [7, 11) is 0.0685. The third kappa shape index (κ3) is 5.58. The van der Waals surface area contributed by atoms with E-state index in [1.807, 2.05) is 32.9 Å². The Kier molecular flexibility index (Phi) is 7.86. The van der Waals surface area contributed by atoms with Crippen LogP contribution in [-0.2, 0) is 21.4 Å². The fraction of sp³-hybridized carbons (Fsp3) is 0.588. The Morgan fingerprint density at radius 2 is 1.67 bits per heavy atom. The number of carbonyl (C=O) groups excluding carboxylic acids is 1. The van der Waals surface area contributed by atoms with Gasteiger partial charge in [0.05, 0.1) is 4.90 Å².